The second-order valence-corrected chi connectivity index (χ2v) is 7.11. The summed E-state index contributed by atoms with van der Waals surface area (Å²) in [5, 5.41) is 2.05. The minimum atomic E-state index is -0.447. The summed E-state index contributed by atoms with van der Waals surface area (Å²) in [4.78, 5) is 16.0. The van der Waals surface area contributed by atoms with Gasteiger partial charge in [0, 0.05) is 10.9 Å². The highest BCUT2D eigenvalue weighted by atomic mass is 32.1. The van der Waals surface area contributed by atoms with Crippen molar-refractivity contribution in [3.63, 3.8) is 0 Å². The van der Waals surface area contributed by atoms with Crippen molar-refractivity contribution in [3.8, 4) is 5.75 Å². The Bertz CT molecular complexity index is 667. The average molecular weight is 345 g/mol. The van der Waals surface area contributed by atoms with E-state index >= 15 is 0 Å². The van der Waals surface area contributed by atoms with Gasteiger partial charge >= 0.3 is 0 Å². The number of amides is 1. The van der Waals surface area contributed by atoms with E-state index in [0.717, 1.165) is 24.2 Å². The molecule has 0 aliphatic heterocycles. The van der Waals surface area contributed by atoms with Crippen LogP contribution in [0.5, 0.6) is 5.75 Å². The summed E-state index contributed by atoms with van der Waals surface area (Å²) in [5.74, 6) is 0.876. The van der Waals surface area contributed by atoms with Crippen molar-refractivity contribution in [2.24, 2.45) is 0 Å². The maximum Gasteiger partial charge on any atom is 0.252 e. The molecule has 0 saturated heterocycles. The molecule has 1 aliphatic carbocycles. The van der Waals surface area contributed by atoms with E-state index in [1.807, 2.05) is 47.5 Å². The molecular formula is C19H23NO3S. The third kappa shape index (κ3) is 4.36. The van der Waals surface area contributed by atoms with Crippen LogP contribution in [0.2, 0.25) is 0 Å². The molecule has 3 rings (SSSR count). The zero-order valence-electron chi connectivity index (χ0n) is 14.1. The van der Waals surface area contributed by atoms with Crippen LogP contribution in [-0.4, -0.2) is 30.1 Å². The Morgan fingerprint density at radius 3 is 2.83 bits per heavy atom. The van der Waals surface area contributed by atoms with Gasteiger partial charge in [0.1, 0.15) is 11.9 Å². The third-order valence-electron chi connectivity index (χ3n) is 4.16. The Morgan fingerprint density at radius 2 is 2.17 bits per heavy atom. The number of hydrogen-bond donors (Lipinski definition) is 0. The van der Waals surface area contributed by atoms with Crippen molar-refractivity contribution in [1.82, 2.24) is 4.90 Å². The van der Waals surface area contributed by atoms with E-state index in [1.54, 1.807) is 18.4 Å². The molecule has 0 radical (unpaired) electrons. The molecule has 0 spiro atoms. The van der Waals surface area contributed by atoms with Crippen LogP contribution >= 0.6 is 11.3 Å². The number of thiophene rings is 1. The van der Waals surface area contributed by atoms with Crippen LogP contribution in [0, 0.1) is 0 Å². The number of nitrogens with zero attached hydrogens (tertiary/aromatic N) is 1. The van der Waals surface area contributed by atoms with Crippen LogP contribution in [0.1, 0.15) is 30.2 Å². The molecule has 1 heterocycles. The van der Waals surface area contributed by atoms with Crippen molar-refractivity contribution >= 4 is 17.2 Å². The third-order valence-corrected chi connectivity index (χ3v) is 5.02. The van der Waals surface area contributed by atoms with Crippen LogP contribution in [0.25, 0.3) is 0 Å². The van der Waals surface area contributed by atoms with Crippen molar-refractivity contribution < 1.29 is 14.3 Å². The average Bonchev–Trinajstić information content (AvgIpc) is 3.33. The molecule has 0 unspecified atom stereocenters. The summed E-state index contributed by atoms with van der Waals surface area (Å²) in [6.07, 6.45) is 1.75. The lowest BCUT2D eigenvalue weighted by molar-refractivity contribution is -0.144. The van der Waals surface area contributed by atoms with Gasteiger partial charge in [-0.1, -0.05) is 18.2 Å². The van der Waals surface area contributed by atoms with E-state index in [4.69, 9.17) is 9.47 Å². The van der Waals surface area contributed by atoms with E-state index in [1.165, 1.54) is 4.88 Å². The predicted octanol–water partition coefficient (Wildman–Crippen LogP) is 3.85. The Morgan fingerprint density at radius 1 is 1.33 bits per heavy atom. The number of methoxy groups -OCH3 is 1. The van der Waals surface area contributed by atoms with E-state index < -0.39 is 6.10 Å². The predicted molar refractivity (Wildman–Crippen MR) is 95.1 cm³/mol. The van der Waals surface area contributed by atoms with Gasteiger partial charge in [-0.3, -0.25) is 4.79 Å². The van der Waals surface area contributed by atoms with Crippen LogP contribution < -0.4 is 4.74 Å². The topological polar surface area (TPSA) is 38.8 Å². The van der Waals surface area contributed by atoms with Gasteiger partial charge in [0.25, 0.3) is 5.91 Å². The molecule has 1 aromatic heterocycles. The molecular weight excluding hydrogens is 322 g/mol. The van der Waals surface area contributed by atoms with Crippen molar-refractivity contribution in [1.29, 1.82) is 0 Å². The van der Waals surface area contributed by atoms with Gasteiger partial charge in [-0.25, -0.2) is 0 Å². The maximum absolute atomic E-state index is 12.8. The van der Waals surface area contributed by atoms with Crippen molar-refractivity contribution in [2.45, 2.75) is 45.1 Å². The zero-order chi connectivity index (χ0) is 16.9. The summed E-state index contributed by atoms with van der Waals surface area (Å²) in [6.45, 7) is 2.93. The van der Waals surface area contributed by atoms with E-state index in [2.05, 4.69) is 6.07 Å². The molecule has 1 saturated carbocycles. The van der Waals surface area contributed by atoms with Gasteiger partial charge in [-0.05, 0) is 48.9 Å². The van der Waals surface area contributed by atoms with Gasteiger partial charge in [0.05, 0.1) is 20.3 Å². The summed E-state index contributed by atoms with van der Waals surface area (Å²) in [5.41, 5.74) is 1.00. The quantitative estimate of drug-likeness (QED) is 0.729. The first kappa shape index (κ1) is 17.0. The molecule has 1 atom stereocenters. The number of carbonyl (C=O) groups is 1. The highest BCUT2D eigenvalue weighted by Crippen LogP contribution is 2.30. The van der Waals surface area contributed by atoms with E-state index in [0.29, 0.717) is 19.2 Å². The molecule has 1 aromatic carbocycles. The van der Waals surface area contributed by atoms with E-state index in [9.17, 15) is 4.79 Å². The molecule has 0 bridgehead atoms. The van der Waals surface area contributed by atoms with Gasteiger partial charge in [-0.2, -0.15) is 0 Å². The fourth-order valence-electron chi connectivity index (χ4n) is 2.63. The summed E-state index contributed by atoms with van der Waals surface area (Å²) in [6, 6.07) is 12.2. The van der Waals surface area contributed by atoms with Gasteiger partial charge in [-0.15, -0.1) is 11.3 Å². The van der Waals surface area contributed by atoms with Crippen LogP contribution in [0.4, 0.5) is 0 Å². The van der Waals surface area contributed by atoms with Gasteiger partial charge in [0.2, 0.25) is 0 Å². The Balaban J connectivity index is 1.58. The largest absolute Gasteiger partial charge is 0.497 e. The lowest BCUT2D eigenvalue weighted by Crippen LogP contribution is -2.39. The molecule has 1 aliphatic rings. The minimum absolute atomic E-state index is 0.0776. The summed E-state index contributed by atoms with van der Waals surface area (Å²) < 4.78 is 11.0. The highest BCUT2D eigenvalue weighted by molar-refractivity contribution is 7.09. The number of carbonyl (C=O) groups excluding carboxylic acids is 1. The maximum atomic E-state index is 12.8. The van der Waals surface area contributed by atoms with Crippen LogP contribution in [0.15, 0.2) is 41.8 Å². The first-order valence-electron chi connectivity index (χ1n) is 8.25. The first-order valence-corrected chi connectivity index (χ1v) is 9.12. The summed E-state index contributed by atoms with van der Waals surface area (Å²) in [7, 11) is 1.64. The smallest absolute Gasteiger partial charge is 0.252 e. The normalized spacial score (nSPS) is 15.1. The number of hydrogen-bond acceptors (Lipinski definition) is 4. The zero-order valence-corrected chi connectivity index (χ0v) is 14.9. The highest BCUT2D eigenvalue weighted by Gasteiger charge is 2.35. The Kier molecular flexibility index (Phi) is 5.53. The fraction of sp³-hybridized carbons (Fsp3) is 0.421. The monoisotopic (exact) mass is 345 g/mol. The lowest BCUT2D eigenvalue weighted by atomic mass is 10.2. The minimum Gasteiger partial charge on any atom is -0.497 e. The van der Waals surface area contributed by atoms with Crippen LogP contribution in [-0.2, 0) is 22.7 Å². The molecule has 128 valence electrons. The molecule has 5 heteroatoms. The van der Waals surface area contributed by atoms with Gasteiger partial charge in [0.15, 0.2) is 0 Å². The van der Waals surface area contributed by atoms with Crippen molar-refractivity contribution in [2.75, 3.05) is 7.11 Å². The van der Waals surface area contributed by atoms with Crippen LogP contribution in [0.3, 0.4) is 0 Å². The van der Waals surface area contributed by atoms with Gasteiger partial charge < -0.3 is 14.4 Å². The molecule has 1 fully saturated rings. The molecule has 24 heavy (non-hydrogen) atoms. The lowest BCUT2D eigenvalue weighted by Gasteiger charge is -2.25. The molecule has 4 nitrogen and oxygen atoms in total. The van der Waals surface area contributed by atoms with Crippen molar-refractivity contribution in [3.05, 3.63) is 52.2 Å². The van der Waals surface area contributed by atoms with E-state index in [-0.39, 0.29) is 5.91 Å². The Labute approximate surface area is 147 Å². The second kappa shape index (κ2) is 7.81. The molecule has 0 N–H and O–H groups in total. The standard InChI is InChI=1S/C19H23NO3S/c1-14(23-13-15-5-3-6-17(11-15)22-2)19(21)20(16-8-9-16)12-18-7-4-10-24-18/h3-7,10-11,14,16H,8-9,12-13H2,1-2H3/t14-/m1/s1. The first-order chi connectivity index (χ1) is 11.7. The Hall–Kier alpha value is -1.85. The number of ether oxygens (including phenoxy) is 2. The fourth-order valence-corrected chi connectivity index (χ4v) is 3.33. The molecule has 2 aromatic rings. The number of benzene rings is 1. The second-order valence-electron chi connectivity index (χ2n) is 6.08. The number of rotatable bonds is 8. The summed E-state index contributed by atoms with van der Waals surface area (Å²) >= 11 is 1.69. The molecule has 1 amide bonds. The SMILES string of the molecule is COc1cccc(CO[C@H](C)C(=O)N(Cc2cccs2)C2CC2)c1.